The lowest BCUT2D eigenvalue weighted by atomic mass is 10.2. The molecule has 23 heavy (non-hydrogen) atoms. The van der Waals surface area contributed by atoms with Crippen molar-refractivity contribution in [1.29, 1.82) is 5.26 Å². The predicted molar refractivity (Wildman–Crippen MR) is 75.3 cm³/mol. The van der Waals surface area contributed by atoms with Crippen LogP contribution in [0.4, 0.5) is 10.1 Å². The van der Waals surface area contributed by atoms with Crippen molar-refractivity contribution in [3.63, 3.8) is 0 Å². The summed E-state index contributed by atoms with van der Waals surface area (Å²) >= 11 is 0. The third-order valence-electron chi connectivity index (χ3n) is 2.70. The molecule has 0 aliphatic heterocycles. The molecule has 116 valence electrons. The number of esters is 1. The van der Waals surface area contributed by atoms with E-state index in [-0.39, 0.29) is 22.7 Å². The number of nitro benzene ring substituents is 1. The zero-order valence-corrected chi connectivity index (χ0v) is 11.6. The largest absolute Gasteiger partial charge is 0.482 e. The Morgan fingerprint density at radius 1 is 1.22 bits per heavy atom. The highest BCUT2D eigenvalue weighted by Crippen LogP contribution is 2.18. The summed E-state index contributed by atoms with van der Waals surface area (Å²) < 4.78 is 23.3. The van der Waals surface area contributed by atoms with Gasteiger partial charge < -0.3 is 9.47 Å². The molecule has 0 saturated carbocycles. The first-order valence-electron chi connectivity index (χ1n) is 6.27. The number of halogens is 1. The second kappa shape index (κ2) is 7.00. The molecule has 0 unspecified atom stereocenters. The van der Waals surface area contributed by atoms with Crippen LogP contribution in [0.25, 0.3) is 0 Å². The van der Waals surface area contributed by atoms with Gasteiger partial charge >= 0.3 is 5.97 Å². The Balaban J connectivity index is 1.91. The molecule has 7 nitrogen and oxygen atoms in total. The Kier molecular flexibility index (Phi) is 4.84. The van der Waals surface area contributed by atoms with Crippen LogP contribution in [0, 0.1) is 27.3 Å². The van der Waals surface area contributed by atoms with Crippen LogP contribution >= 0.6 is 0 Å². The molecule has 0 aliphatic carbocycles. The smallest absolute Gasteiger partial charge is 0.349 e. The van der Waals surface area contributed by atoms with Crippen molar-refractivity contribution in [2.45, 2.75) is 0 Å². The molecular weight excluding hydrogens is 307 g/mol. The van der Waals surface area contributed by atoms with Crippen LogP contribution in [0.3, 0.4) is 0 Å². The molecule has 0 N–H and O–H groups in total. The SMILES string of the molecule is N#Cc1ccc(OC(=O)COc2ccc([N+](=O)[O-])cc2)cc1F. The lowest BCUT2D eigenvalue weighted by Crippen LogP contribution is -2.17. The van der Waals surface area contributed by atoms with Crippen molar-refractivity contribution in [2.75, 3.05) is 6.61 Å². The van der Waals surface area contributed by atoms with Crippen LogP contribution in [0.5, 0.6) is 11.5 Å². The van der Waals surface area contributed by atoms with Gasteiger partial charge in [-0.25, -0.2) is 9.18 Å². The minimum atomic E-state index is -0.797. The van der Waals surface area contributed by atoms with Gasteiger partial charge in [-0.15, -0.1) is 0 Å². The van der Waals surface area contributed by atoms with Gasteiger partial charge in [-0.05, 0) is 24.3 Å². The second-order valence-corrected chi connectivity index (χ2v) is 4.27. The van der Waals surface area contributed by atoms with Gasteiger partial charge in [0.05, 0.1) is 10.5 Å². The Hall–Kier alpha value is -3.47. The van der Waals surface area contributed by atoms with Crippen LogP contribution in [0.15, 0.2) is 42.5 Å². The summed E-state index contributed by atoms with van der Waals surface area (Å²) in [6, 6.07) is 10.2. The van der Waals surface area contributed by atoms with Gasteiger partial charge in [0, 0.05) is 18.2 Å². The average molecular weight is 316 g/mol. The first-order chi connectivity index (χ1) is 11.0. The van der Waals surface area contributed by atoms with E-state index in [1.165, 1.54) is 36.4 Å². The van der Waals surface area contributed by atoms with Crippen LogP contribution in [0.1, 0.15) is 5.56 Å². The number of benzene rings is 2. The van der Waals surface area contributed by atoms with E-state index in [0.29, 0.717) is 0 Å². The fourth-order valence-corrected chi connectivity index (χ4v) is 1.62. The van der Waals surface area contributed by atoms with Crippen molar-refractivity contribution in [3.05, 3.63) is 64.0 Å². The first kappa shape index (κ1) is 15.9. The molecule has 8 heteroatoms. The lowest BCUT2D eigenvalue weighted by molar-refractivity contribution is -0.384. The number of hydrogen-bond acceptors (Lipinski definition) is 6. The van der Waals surface area contributed by atoms with Gasteiger partial charge in [-0.2, -0.15) is 5.26 Å². The summed E-state index contributed by atoms with van der Waals surface area (Å²) in [7, 11) is 0. The number of hydrogen-bond donors (Lipinski definition) is 0. The summed E-state index contributed by atoms with van der Waals surface area (Å²) in [5, 5.41) is 19.1. The molecule has 2 aromatic rings. The molecule has 0 aliphatic rings. The van der Waals surface area contributed by atoms with E-state index in [1.54, 1.807) is 6.07 Å². The van der Waals surface area contributed by atoms with Crippen molar-refractivity contribution in [2.24, 2.45) is 0 Å². The van der Waals surface area contributed by atoms with E-state index < -0.39 is 23.3 Å². The highest BCUT2D eigenvalue weighted by Gasteiger charge is 2.10. The normalized spacial score (nSPS) is 9.74. The van der Waals surface area contributed by atoms with Gasteiger partial charge in [0.2, 0.25) is 0 Å². The van der Waals surface area contributed by atoms with Crippen LogP contribution in [-0.2, 0) is 4.79 Å². The molecule has 0 fully saturated rings. The number of carbonyl (C=O) groups is 1. The highest BCUT2D eigenvalue weighted by atomic mass is 19.1. The Morgan fingerprint density at radius 3 is 2.43 bits per heavy atom. The summed E-state index contributed by atoms with van der Waals surface area (Å²) in [5.74, 6) is -1.39. The van der Waals surface area contributed by atoms with Crippen molar-refractivity contribution < 1.29 is 23.6 Å². The Labute approximate surface area is 129 Å². The van der Waals surface area contributed by atoms with Crippen LogP contribution < -0.4 is 9.47 Å². The minimum absolute atomic E-state index is 0.0567. The summed E-state index contributed by atoms with van der Waals surface area (Å²) in [6.07, 6.45) is 0. The average Bonchev–Trinajstić information content (AvgIpc) is 2.53. The van der Waals surface area contributed by atoms with E-state index in [2.05, 4.69) is 0 Å². The zero-order chi connectivity index (χ0) is 16.8. The van der Waals surface area contributed by atoms with E-state index in [1.807, 2.05) is 0 Å². The minimum Gasteiger partial charge on any atom is -0.482 e. The summed E-state index contributed by atoms with van der Waals surface area (Å²) in [6.45, 7) is -0.459. The number of rotatable bonds is 5. The summed E-state index contributed by atoms with van der Waals surface area (Å²) in [4.78, 5) is 21.5. The molecule has 0 amide bonds. The van der Waals surface area contributed by atoms with Crippen LogP contribution in [0.2, 0.25) is 0 Å². The van der Waals surface area contributed by atoms with Crippen molar-refractivity contribution in [3.8, 4) is 17.6 Å². The Morgan fingerprint density at radius 2 is 1.87 bits per heavy atom. The number of non-ortho nitro benzene ring substituents is 1. The Bertz CT molecular complexity index is 783. The van der Waals surface area contributed by atoms with E-state index in [4.69, 9.17) is 14.7 Å². The third kappa shape index (κ3) is 4.25. The zero-order valence-electron chi connectivity index (χ0n) is 11.6. The molecule has 0 saturated heterocycles. The van der Waals surface area contributed by atoms with Gasteiger partial charge in [0.25, 0.3) is 5.69 Å². The van der Waals surface area contributed by atoms with Gasteiger partial charge in [-0.3, -0.25) is 10.1 Å². The van der Waals surface area contributed by atoms with Gasteiger partial charge in [-0.1, -0.05) is 0 Å². The number of nitrogens with zero attached hydrogens (tertiary/aromatic N) is 2. The second-order valence-electron chi connectivity index (χ2n) is 4.27. The fraction of sp³-hybridized carbons (Fsp3) is 0.0667. The molecule has 0 aromatic heterocycles. The maximum absolute atomic E-state index is 13.4. The summed E-state index contributed by atoms with van der Waals surface area (Å²) in [5.41, 5.74) is -0.264. The number of nitro groups is 1. The van der Waals surface area contributed by atoms with E-state index in [9.17, 15) is 19.3 Å². The predicted octanol–water partition coefficient (Wildman–Crippen LogP) is 2.59. The maximum atomic E-state index is 13.4. The molecule has 0 atom stereocenters. The fourth-order valence-electron chi connectivity index (χ4n) is 1.62. The molecule has 2 aromatic carbocycles. The van der Waals surface area contributed by atoms with Gasteiger partial charge in [0.15, 0.2) is 6.61 Å². The maximum Gasteiger partial charge on any atom is 0.349 e. The molecular formula is C15H9FN2O5. The van der Waals surface area contributed by atoms with Crippen molar-refractivity contribution in [1.82, 2.24) is 0 Å². The molecule has 0 bridgehead atoms. The van der Waals surface area contributed by atoms with E-state index in [0.717, 1.165) is 6.07 Å². The first-order valence-corrected chi connectivity index (χ1v) is 6.27. The molecule has 0 spiro atoms. The lowest BCUT2D eigenvalue weighted by Gasteiger charge is -2.07. The van der Waals surface area contributed by atoms with Gasteiger partial charge in [0.1, 0.15) is 23.4 Å². The number of nitriles is 1. The standard InChI is InChI=1S/C15H9FN2O5/c16-14-7-13(4-1-10(14)8-17)23-15(19)9-22-12-5-2-11(3-6-12)18(20)21/h1-7H,9H2. The number of ether oxygens (including phenoxy) is 2. The van der Waals surface area contributed by atoms with Crippen molar-refractivity contribution >= 4 is 11.7 Å². The van der Waals surface area contributed by atoms with Crippen LogP contribution in [-0.4, -0.2) is 17.5 Å². The quantitative estimate of drug-likeness (QED) is 0.363. The molecule has 0 radical (unpaired) electrons. The third-order valence-corrected chi connectivity index (χ3v) is 2.70. The highest BCUT2D eigenvalue weighted by molar-refractivity contribution is 5.74. The molecule has 0 heterocycles. The number of carbonyl (C=O) groups excluding carboxylic acids is 1. The topological polar surface area (TPSA) is 102 Å². The monoisotopic (exact) mass is 316 g/mol. The molecule has 2 rings (SSSR count). The van der Waals surface area contributed by atoms with E-state index >= 15 is 0 Å².